The first-order valence-electron chi connectivity index (χ1n) is 9.83. The van der Waals surface area contributed by atoms with Crippen molar-refractivity contribution < 1.29 is 14.3 Å². The molecule has 0 amide bonds. The molecule has 7 heteroatoms. The zero-order valence-corrected chi connectivity index (χ0v) is 19.4. The molecule has 0 atom stereocenters. The lowest BCUT2D eigenvalue weighted by Gasteiger charge is -2.04. The molecule has 0 saturated heterocycles. The summed E-state index contributed by atoms with van der Waals surface area (Å²) in [6.45, 7) is 4.02. The molecular weight excluding hydrogens is 450 g/mol. The molecule has 3 aromatic heterocycles. The number of rotatable bonds is 7. The third-order valence-electron chi connectivity index (χ3n) is 4.80. The third kappa shape index (κ3) is 4.03. The number of hydrogen-bond acceptors (Lipinski definition) is 5. The topological polar surface area (TPSA) is 47.8 Å². The summed E-state index contributed by atoms with van der Waals surface area (Å²) in [4.78, 5) is 27.0. The number of thiophene rings is 1. The zero-order valence-electron chi connectivity index (χ0n) is 17.1. The number of hydrogen-bond donors (Lipinski definition) is 0. The van der Waals surface area contributed by atoms with Crippen LogP contribution in [0.1, 0.15) is 39.4 Å². The molecule has 0 fully saturated rings. The predicted molar refractivity (Wildman–Crippen MR) is 129 cm³/mol. The van der Waals surface area contributed by atoms with Crippen molar-refractivity contribution in [3.05, 3.63) is 81.8 Å². The Kier molecular flexibility index (Phi) is 6.51. The fourth-order valence-corrected chi connectivity index (χ4v) is 6.03. The maximum atomic E-state index is 13.5. The lowest BCUT2D eigenvalue weighted by atomic mass is 10.1. The fourth-order valence-electron chi connectivity index (χ4n) is 3.44. The molecule has 4 nitrogen and oxygen atoms in total. The summed E-state index contributed by atoms with van der Waals surface area (Å²) < 4.78 is 8.34. The van der Waals surface area contributed by atoms with E-state index in [4.69, 9.17) is 16.3 Å². The molecule has 0 radical (unpaired) electrons. The first kappa shape index (κ1) is 21.7. The molecule has 0 spiro atoms. The summed E-state index contributed by atoms with van der Waals surface area (Å²) in [5.74, 6) is 0.218. The Labute approximate surface area is 193 Å². The number of ketones is 1. The number of nitrogens with zero attached hydrogens (tertiary/aromatic N) is 1. The van der Waals surface area contributed by atoms with E-state index in [-0.39, 0.29) is 12.4 Å². The number of allylic oxidation sites excluding steroid dienone is 1. The molecule has 0 unspecified atom stereocenters. The summed E-state index contributed by atoms with van der Waals surface area (Å²) in [5, 5.41) is 1.22. The second-order valence-corrected chi connectivity index (χ2v) is 9.46. The van der Waals surface area contributed by atoms with Gasteiger partial charge in [0.2, 0.25) is 5.78 Å². The van der Waals surface area contributed by atoms with Gasteiger partial charge in [0, 0.05) is 27.9 Å². The van der Waals surface area contributed by atoms with Gasteiger partial charge in [-0.15, -0.1) is 23.1 Å². The van der Waals surface area contributed by atoms with Crippen LogP contribution in [-0.4, -0.2) is 28.5 Å². The average Bonchev–Trinajstić information content (AvgIpc) is 3.30. The fraction of sp³-hybridized carbons (Fsp3) is 0.167. The summed E-state index contributed by atoms with van der Waals surface area (Å²) in [5.41, 5.74) is 2.57. The Bertz CT molecular complexity index is 1300. The van der Waals surface area contributed by atoms with Gasteiger partial charge in [0.05, 0.1) is 32.3 Å². The van der Waals surface area contributed by atoms with E-state index in [0.717, 1.165) is 21.0 Å². The van der Waals surface area contributed by atoms with Crippen LogP contribution >= 0.6 is 34.7 Å². The Morgan fingerprint density at radius 2 is 1.97 bits per heavy atom. The van der Waals surface area contributed by atoms with Crippen molar-refractivity contribution in [2.75, 3.05) is 12.4 Å². The molecule has 0 aliphatic carbocycles. The molecule has 4 rings (SSSR count). The van der Waals surface area contributed by atoms with Gasteiger partial charge < -0.3 is 9.14 Å². The van der Waals surface area contributed by atoms with Gasteiger partial charge in [-0.1, -0.05) is 29.8 Å². The van der Waals surface area contributed by atoms with Crippen molar-refractivity contribution in [2.45, 2.75) is 18.1 Å². The average molecular weight is 470 g/mol. The molecule has 4 aromatic rings. The van der Waals surface area contributed by atoms with Gasteiger partial charge in [-0.3, -0.25) is 4.79 Å². The van der Waals surface area contributed by atoms with Gasteiger partial charge in [0.1, 0.15) is 0 Å². The van der Waals surface area contributed by atoms with Crippen molar-refractivity contribution in [2.24, 2.45) is 0 Å². The van der Waals surface area contributed by atoms with E-state index in [1.807, 2.05) is 41.8 Å². The Hall–Kier alpha value is -2.54. The van der Waals surface area contributed by atoms with Crippen LogP contribution in [-0.2, 0) is 4.74 Å². The molecule has 1 aromatic carbocycles. The molecule has 0 aliphatic heterocycles. The van der Waals surface area contributed by atoms with E-state index in [2.05, 4.69) is 6.08 Å². The second-order valence-electron chi connectivity index (χ2n) is 6.71. The molecule has 158 valence electrons. The number of pyridine rings is 1. The van der Waals surface area contributed by atoms with Gasteiger partial charge in [-0.25, -0.2) is 4.79 Å². The van der Waals surface area contributed by atoms with E-state index in [0.29, 0.717) is 26.4 Å². The molecular formula is C24H20ClNO3S2. The minimum absolute atomic E-state index is 0.133. The lowest BCUT2D eigenvalue weighted by molar-refractivity contribution is 0.0531. The highest BCUT2D eigenvalue weighted by Gasteiger charge is 2.29. The number of halogens is 1. The highest BCUT2D eigenvalue weighted by Crippen LogP contribution is 2.43. The van der Waals surface area contributed by atoms with Crippen LogP contribution in [0.3, 0.4) is 0 Å². The van der Waals surface area contributed by atoms with Crippen LogP contribution in [0.2, 0.25) is 5.02 Å². The monoisotopic (exact) mass is 469 g/mol. The Morgan fingerprint density at radius 3 is 2.68 bits per heavy atom. The normalized spacial score (nSPS) is 11.6. The number of ether oxygens (including phenoxy) is 1. The summed E-state index contributed by atoms with van der Waals surface area (Å²) in [7, 11) is 0. The first-order chi connectivity index (χ1) is 15.1. The number of carbonyl (C=O) groups excluding carboxylic acids is 2. The summed E-state index contributed by atoms with van der Waals surface area (Å²) in [6, 6.07) is 12.5. The molecule has 0 bridgehead atoms. The third-order valence-corrected chi connectivity index (χ3v) is 7.44. The maximum Gasteiger partial charge on any atom is 0.341 e. The zero-order chi connectivity index (χ0) is 22.0. The van der Waals surface area contributed by atoms with Crippen LogP contribution in [0.5, 0.6) is 0 Å². The molecule has 3 heterocycles. The number of carbonyl (C=O) groups is 2. The van der Waals surface area contributed by atoms with Crippen LogP contribution in [0.4, 0.5) is 0 Å². The van der Waals surface area contributed by atoms with Crippen molar-refractivity contribution in [3.63, 3.8) is 0 Å². The highest BCUT2D eigenvalue weighted by atomic mass is 35.5. The van der Waals surface area contributed by atoms with Crippen molar-refractivity contribution in [3.8, 4) is 0 Å². The van der Waals surface area contributed by atoms with E-state index in [1.54, 1.807) is 43.0 Å². The van der Waals surface area contributed by atoms with Crippen LogP contribution in [0.15, 0.2) is 65.0 Å². The molecule has 0 saturated carbocycles. The van der Waals surface area contributed by atoms with Crippen LogP contribution in [0.25, 0.3) is 16.4 Å². The van der Waals surface area contributed by atoms with Gasteiger partial charge >= 0.3 is 5.97 Å². The number of thioether (sulfide) groups is 1. The van der Waals surface area contributed by atoms with Gasteiger partial charge in [-0.05, 0) is 50.2 Å². The first-order valence-corrected chi connectivity index (χ1v) is 12.0. The Balaban J connectivity index is 2.01. The quantitative estimate of drug-likeness (QED) is 0.128. The van der Waals surface area contributed by atoms with Gasteiger partial charge in [0.25, 0.3) is 0 Å². The number of benzene rings is 1. The van der Waals surface area contributed by atoms with Crippen molar-refractivity contribution >= 4 is 62.9 Å². The number of aromatic nitrogens is 1. The summed E-state index contributed by atoms with van der Waals surface area (Å²) in [6.07, 6.45) is 5.99. The van der Waals surface area contributed by atoms with Crippen molar-refractivity contribution in [1.29, 1.82) is 0 Å². The van der Waals surface area contributed by atoms with Crippen LogP contribution in [0, 0.1) is 0 Å². The smallest absolute Gasteiger partial charge is 0.341 e. The number of esters is 1. The standard InChI is InChI=1S/C24H20ClNO3S2/c1-3-5-14-30-24-20-19(22(31-24)21(27)15-9-11-16(25)12-10-15)18(23(28)29-4-2)17-8-6-7-13-26(17)20/h3,5-13H,4,14H2,1-2H3/b5-3+. The van der Waals surface area contributed by atoms with E-state index in [9.17, 15) is 9.59 Å². The minimum atomic E-state index is -0.422. The van der Waals surface area contributed by atoms with E-state index >= 15 is 0 Å². The molecule has 31 heavy (non-hydrogen) atoms. The van der Waals surface area contributed by atoms with E-state index in [1.165, 1.54) is 11.3 Å². The van der Waals surface area contributed by atoms with Crippen molar-refractivity contribution in [1.82, 2.24) is 4.40 Å². The maximum absolute atomic E-state index is 13.5. The lowest BCUT2D eigenvalue weighted by Crippen LogP contribution is -2.06. The predicted octanol–water partition coefficient (Wildman–Crippen LogP) is 6.88. The van der Waals surface area contributed by atoms with Gasteiger partial charge in [-0.2, -0.15) is 0 Å². The SMILES string of the molecule is C/C=C/CSc1sc(C(=O)c2ccc(Cl)cc2)c2c(C(=O)OCC)c3ccccn3c12. The highest BCUT2D eigenvalue weighted by molar-refractivity contribution is 8.01. The largest absolute Gasteiger partial charge is 0.462 e. The van der Waals surface area contributed by atoms with Crippen LogP contribution < -0.4 is 0 Å². The van der Waals surface area contributed by atoms with Gasteiger partial charge in [0.15, 0.2) is 0 Å². The Morgan fingerprint density at radius 1 is 1.19 bits per heavy atom. The van der Waals surface area contributed by atoms with E-state index < -0.39 is 5.97 Å². The minimum Gasteiger partial charge on any atom is -0.462 e. The molecule has 0 N–H and O–H groups in total. The number of fused-ring (bicyclic) bond motifs is 3. The molecule has 0 aliphatic rings. The summed E-state index contributed by atoms with van der Waals surface area (Å²) >= 11 is 9.07. The second kappa shape index (κ2) is 9.30.